The Balaban J connectivity index is 1.58. The van der Waals surface area contributed by atoms with Gasteiger partial charge >= 0.3 is 0 Å². The summed E-state index contributed by atoms with van der Waals surface area (Å²) in [5, 5.41) is 7.67. The number of hydrogen-bond acceptors (Lipinski definition) is 4. The summed E-state index contributed by atoms with van der Waals surface area (Å²) in [5.74, 6) is 4.19. The lowest BCUT2D eigenvalue weighted by molar-refractivity contribution is -0.00803. The highest BCUT2D eigenvalue weighted by Crippen LogP contribution is 2.21. The fourth-order valence-corrected chi connectivity index (χ4v) is 3.24. The van der Waals surface area contributed by atoms with Crippen LogP contribution in [0, 0.1) is 12.3 Å². The van der Waals surface area contributed by atoms with Gasteiger partial charge in [-0.15, -0.1) is 6.42 Å². The minimum atomic E-state index is 0.0110. The maximum absolute atomic E-state index is 5.95. The predicted molar refractivity (Wildman–Crippen MR) is 114 cm³/mol. The maximum atomic E-state index is 5.95. The summed E-state index contributed by atoms with van der Waals surface area (Å²) in [4.78, 5) is 7.10. The average Bonchev–Trinajstić information content (AvgIpc) is 3.19. The van der Waals surface area contributed by atoms with E-state index in [0.29, 0.717) is 13.2 Å². The molecule has 0 aliphatic carbocycles. The topological polar surface area (TPSA) is 63.9 Å². The maximum Gasteiger partial charge on any atom is 0.194 e. The molecule has 1 saturated heterocycles. The van der Waals surface area contributed by atoms with Crippen LogP contribution in [0.2, 0.25) is 0 Å². The van der Waals surface area contributed by atoms with Gasteiger partial charge in [0.1, 0.15) is 18.5 Å². The first-order chi connectivity index (χ1) is 14.2. The Hall–Kier alpha value is -2.98. The Bertz CT molecular complexity index is 838. The summed E-state index contributed by atoms with van der Waals surface area (Å²) in [6.07, 6.45) is 9.97. The van der Waals surface area contributed by atoms with Crippen LogP contribution in [0.1, 0.15) is 24.2 Å². The first-order valence-corrected chi connectivity index (χ1v) is 9.98. The first kappa shape index (κ1) is 20.7. The van der Waals surface area contributed by atoms with E-state index >= 15 is 0 Å². The minimum absolute atomic E-state index is 0.0110. The van der Waals surface area contributed by atoms with Crippen molar-refractivity contribution in [1.29, 1.82) is 0 Å². The SMILES string of the molecule is C#CCOc1ccc(CCN=C(NCC)N2CCOC(c3cnn(C)c3)C2)cc1. The lowest BCUT2D eigenvalue weighted by Crippen LogP contribution is -2.48. The molecule has 1 aromatic heterocycles. The molecule has 0 radical (unpaired) electrons. The summed E-state index contributed by atoms with van der Waals surface area (Å²) in [5.41, 5.74) is 2.31. The molecule has 0 bridgehead atoms. The van der Waals surface area contributed by atoms with Crippen LogP contribution in [-0.4, -0.2) is 60.0 Å². The van der Waals surface area contributed by atoms with E-state index in [-0.39, 0.29) is 12.7 Å². The lowest BCUT2D eigenvalue weighted by Gasteiger charge is -2.34. The number of ether oxygens (including phenoxy) is 2. The van der Waals surface area contributed by atoms with Crippen molar-refractivity contribution in [2.75, 3.05) is 39.4 Å². The summed E-state index contributed by atoms with van der Waals surface area (Å²) < 4.78 is 13.2. The minimum Gasteiger partial charge on any atom is -0.481 e. The van der Waals surface area contributed by atoms with Crippen LogP contribution >= 0.6 is 0 Å². The molecule has 1 aromatic carbocycles. The van der Waals surface area contributed by atoms with Crippen LogP contribution in [0.3, 0.4) is 0 Å². The molecule has 3 rings (SSSR count). The van der Waals surface area contributed by atoms with Crippen molar-refractivity contribution in [2.45, 2.75) is 19.4 Å². The van der Waals surface area contributed by atoms with Crippen molar-refractivity contribution >= 4 is 5.96 Å². The third-order valence-corrected chi connectivity index (χ3v) is 4.71. The van der Waals surface area contributed by atoms with Gasteiger partial charge in [0.05, 0.1) is 19.3 Å². The van der Waals surface area contributed by atoms with Crippen LogP contribution < -0.4 is 10.1 Å². The molecule has 1 aliphatic rings. The summed E-state index contributed by atoms with van der Waals surface area (Å²) in [6, 6.07) is 8.01. The Morgan fingerprint density at radius 2 is 2.24 bits per heavy atom. The summed E-state index contributed by atoms with van der Waals surface area (Å²) in [6.45, 7) is 6.17. The van der Waals surface area contributed by atoms with Gasteiger partial charge in [0, 0.05) is 38.4 Å². The van der Waals surface area contributed by atoms with Crippen molar-refractivity contribution in [2.24, 2.45) is 12.0 Å². The van der Waals surface area contributed by atoms with Crippen LogP contribution in [0.25, 0.3) is 0 Å². The number of morpholine rings is 1. The van der Waals surface area contributed by atoms with Gasteiger partial charge in [-0.3, -0.25) is 9.67 Å². The second-order valence-electron chi connectivity index (χ2n) is 6.88. The Kier molecular flexibility index (Phi) is 7.54. The Morgan fingerprint density at radius 3 is 2.93 bits per heavy atom. The highest BCUT2D eigenvalue weighted by Gasteiger charge is 2.25. The number of guanidine groups is 1. The number of benzene rings is 1. The van der Waals surface area contributed by atoms with E-state index < -0.39 is 0 Å². The average molecular weight is 396 g/mol. The molecule has 0 saturated carbocycles. The van der Waals surface area contributed by atoms with E-state index in [0.717, 1.165) is 43.3 Å². The molecule has 1 atom stereocenters. The Labute approximate surface area is 172 Å². The predicted octanol–water partition coefficient (Wildman–Crippen LogP) is 2.01. The van der Waals surface area contributed by atoms with E-state index in [4.69, 9.17) is 20.9 Å². The molecule has 154 valence electrons. The first-order valence-electron chi connectivity index (χ1n) is 9.98. The second kappa shape index (κ2) is 10.5. The number of aryl methyl sites for hydroxylation is 1. The fraction of sp³-hybridized carbons (Fsp3) is 0.455. The van der Waals surface area contributed by atoms with Gasteiger partial charge in [0.15, 0.2) is 5.96 Å². The third kappa shape index (κ3) is 6.00. The quantitative estimate of drug-likeness (QED) is 0.441. The lowest BCUT2D eigenvalue weighted by atomic mass is 10.1. The van der Waals surface area contributed by atoms with Gasteiger partial charge in [-0.2, -0.15) is 5.10 Å². The standard InChI is InChI=1S/C22H29N5O2/c1-4-13-28-20-8-6-18(7-9-20)10-11-24-22(23-5-2)27-12-14-29-21(17-27)19-15-25-26(3)16-19/h1,6-9,15-16,21H,5,10-14,17H2,2-3H3,(H,23,24). The van der Waals surface area contributed by atoms with Crippen LogP contribution in [-0.2, 0) is 18.2 Å². The normalized spacial score (nSPS) is 17.1. The van der Waals surface area contributed by atoms with E-state index in [1.807, 2.05) is 31.6 Å². The van der Waals surface area contributed by atoms with E-state index in [2.05, 4.69) is 40.3 Å². The number of nitrogens with zero attached hydrogens (tertiary/aromatic N) is 4. The van der Waals surface area contributed by atoms with Crippen LogP contribution in [0.4, 0.5) is 0 Å². The van der Waals surface area contributed by atoms with Crippen molar-refractivity contribution < 1.29 is 9.47 Å². The van der Waals surface area contributed by atoms with E-state index in [1.165, 1.54) is 5.56 Å². The smallest absolute Gasteiger partial charge is 0.194 e. The molecular weight excluding hydrogens is 366 g/mol. The second-order valence-corrected chi connectivity index (χ2v) is 6.88. The highest BCUT2D eigenvalue weighted by atomic mass is 16.5. The molecule has 2 aromatic rings. The molecule has 0 spiro atoms. The molecule has 7 heteroatoms. The molecular formula is C22H29N5O2. The van der Waals surface area contributed by atoms with Gasteiger partial charge in [-0.05, 0) is 31.0 Å². The van der Waals surface area contributed by atoms with Crippen molar-refractivity contribution in [3.63, 3.8) is 0 Å². The summed E-state index contributed by atoms with van der Waals surface area (Å²) in [7, 11) is 1.92. The highest BCUT2D eigenvalue weighted by molar-refractivity contribution is 5.80. The monoisotopic (exact) mass is 395 g/mol. The number of aliphatic imine (C=N–C) groups is 1. The number of nitrogens with one attached hydrogen (secondary N) is 1. The zero-order valence-electron chi connectivity index (χ0n) is 17.2. The molecule has 29 heavy (non-hydrogen) atoms. The van der Waals surface area contributed by atoms with Crippen molar-refractivity contribution in [3.8, 4) is 18.1 Å². The molecule has 1 aliphatic heterocycles. The molecule has 2 heterocycles. The zero-order chi connectivity index (χ0) is 20.5. The number of rotatable bonds is 7. The molecule has 1 unspecified atom stereocenters. The van der Waals surface area contributed by atoms with Crippen LogP contribution in [0.5, 0.6) is 5.75 Å². The summed E-state index contributed by atoms with van der Waals surface area (Å²) >= 11 is 0. The van der Waals surface area contributed by atoms with Gasteiger partial charge in [-0.25, -0.2) is 0 Å². The third-order valence-electron chi connectivity index (χ3n) is 4.71. The van der Waals surface area contributed by atoms with Gasteiger partial charge < -0.3 is 19.7 Å². The van der Waals surface area contributed by atoms with Gasteiger partial charge in [0.2, 0.25) is 0 Å². The zero-order valence-corrected chi connectivity index (χ0v) is 17.2. The van der Waals surface area contributed by atoms with Gasteiger partial charge in [-0.1, -0.05) is 18.1 Å². The Morgan fingerprint density at radius 1 is 1.41 bits per heavy atom. The molecule has 1 N–H and O–H groups in total. The molecule has 0 amide bonds. The molecule has 1 fully saturated rings. The van der Waals surface area contributed by atoms with Gasteiger partial charge in [0.25, 0.3) is 0 Å². The fourth-order valence-electron chi connectivity index (χ4n) is 3.24. The van der Waals surface area contributed by atoms with E-state index in [1.54, 1.807) is 4.68 Å². The number of aromatic nitrogens is 2. The van der Waals surface area contributed by atoms with Crippen LogP contribution in [0.15, 0.2) is 41.7 Å². The number of hydrogen-bond donors (Lipinski definition) is 1. The number of terminal acetylenes is 1. The largest absolute Gasteiger partial charge is 0.481 e. The van der Waals surface area contributed by atoms with Crippen molar-refractivity contribution in [1.82, 2.24) is 20.0 Å². The van der Waals surface area contributed by atoms with Crippen molar-refractivity contribution in [3.05, 3.63) is 47.8 Å². The van der Waals surface area contributed by atoms with E-state index in [9.17, 15) is 0 Å². The molecule has 7 nitrogen and oxygen atoms in total.